The molecule has 17 heavy (non-hydrogen) atoms. The summed E-state index contributed by atoms with van der Waals surface area (Å²) in [6.45, 7) is 6.58. The molecule has 1 aromatic rings. The summed E-state index contributed by atoms with van der Waals surface area (Å²) in [5.41, 5.74) is 0.750. The quantitative estimate of drug-likeness (QED) is 0.809. The van der Waals surface area contributed by atoms with Crippen molar-refractivity contribution in [2.75, 3.05) is 13.2 Å². The molecule has 1 aliphatic heterocycles. The van der Waals surface area contributed by atoms with E-state index in [-0.39, 0.29) is 11.9 Å². The van der Waals surface area contributed by atoms with Crippen LogP contribution in [0.1, 0.15) is 44.6 Å². The second-order valence-electron chi connectivity index (χ2n) is 4.96. The number of ether oxygens (including phenoxy) is 1. The van der Waals surface area contributed by atoms with Gasteiger partial charge in [-0.05, 0) is 31.1 Å². The van der Waals surface area contributed by atoms with Crippen molar-refractivity contribution >= 4 is 0 Å². The average molecular weight is 240 g/mol. The fourth-order valence-electron chi connectivity index (χ4n) is 2.25. The number of rotatable bonds is 4. The first kappa shape index (κ1) is 12.6. The Kier molecular flexibility index (Phi) is 4.15. The predicted molar refractivity (Wildman–Crippen MR) is 64.4 cm³/mol. The van der Waals surface area contributed by atoms with Gasteiger partial charge in [0.05, 0.1) is 0 Å². The van der Waals surface area contributed by atoms with Gasteiger partial charge in [0, 0.05) is 31.5 Å². The molecule has 1 aliphatic rings. The Labute approximate surface area is 102 Å². The zero-order chi connectivity index (χ0) is 12.3. The van der Waals surface area contributed by atoms with Gasteiger partial charge in [0.1, 0.15) is 0 Å². The standard InChI is InChI=1S/C13H21FN2O/c1-3-10(2)12-9-16(15-13(12)14)8-11-4-6-17-7-5-11/h9-11H,3-8H2,1-2H3. The molecule has 0 bridgehead atoms. The van der Waals surface area contributed by atoms with Crippen molar-refractivity contribution in [3.05, 3.63) is 17.7 Å². The van der Waals surface area contributed by atoms with Crippen LogP contribution in [0.2, 0.25) is 0 Å². The second-order valence-corrected chi connectivity index (χ2v) is 4.96. The van der Waals surface area contributed by atoms with E-state index < -0.39 is 0 Å². The maximum absolute atomic E-state index is 13.6. The summed E-state index contributed by atoms with van der Waals surface area (Å²) in [5, 5.41) is 3.98. The number of hydrogen-bond donors (Lipinski definition) is 0. The first-order valence-corrected chi connectivity index (χ1v) is 6.51. The Morgan fingerprint density at radius 2 is 2.24 bits per heavy atom. The molecule has 2 rings (SSSR count). The molecular formula is C13H21FN2O. The Bertz CT molecular complexity index is 358. The number of nitrogens with zero attached hydrogens (tertiary/aromatic N) is 2. The second kappa shape index (κ2) is 5.63. The van der Waals surface area contributed by atoms with Crippen molar-refractivity contribution in [1.29, 1.82) is 0 Å². The van der Waals surface area contributed by atoms with E-state index >= 15 is 0 Å². The molecule has 96 valence electrons. The molecule has 1 aromatic heterocycles. The third kappa shape index (κ3) is 3.06. The lowest BCUT2D eigenvalue weighted by molar-refractivity contribution is 0.0600. The fourth-order valence-corrected chi connectivity index (χ4v) is 2.25. The summed E-state index contributed by atoms with van der Waals surface area (Å²) in [4.78, 5) is 0. The van der Waals surface area contributed by atoms with Crippen molar-refractivity contribution in [3.63, 3.8) is 0 Å². The smallest absolute Gasteiger partial charge is 0.236 e. The third-order valence-corrected chi connectivity index (χ3v) is 3.67. The number of aromatic nitrogens is 2. The van der Waals surface area contributed by atoms with E-state index in [1.807, 2.05) is 13.1 Å². The minimum Gasteiger partial charge on any atom is -0.381 e. The van der Waals surface area contributed by atoms with Crippen LogP contribution in [-0.2, 0) is 11.3 Å². The third-order valence-electron chi connectivity index (χ3n) is 3.67. The van der Waals surface area contributed by atoms with Crippen LogP contribution in [0, 0.1) is 11.9 Å². The SMILES string of the molecule is CCC(C)c1cn(CC2CCOCC2)nc1F. The van der Waals surface area contributed by atoms with Gasteiger partial charge < -0.3 is 4.74 Å². The summed E-state index contributed by atoms with van der Waals surface area (Å²) in [5.74, 6) is 0.526. The molecule has 0 N–H and O–H groups in total. The summed E-state index contributed by atoms with van der Waals surface area (Å²) >= 11 is 0. The van der Waals surface area contributed by atoms with Gasteiger partial charge in [-0.1, -0.05) is 13.8 Å². The Balaban J connectivity index is 2.01. The van der Waals surface area contributed by atoms with Crippen LogP contribution in [0.3, 0.4) is 0 Å². The van der Waals surface area contributed by atoms with Crippen molar-refractivity contribution in [1.82, 2.24) is 9.78 Å². The fraction of sp³-hybridized carbons (Fsp3) is 0.769. The highest BCUT2D eigenvalue weighted by molar-refractivity contribution is 5.12. The molecule has 0 amide bonds. The van der Waals surface area contributed by atoms with Crippen LogP contribution in [0.5, 0.6) is 0 Å². The maximum Gasteiger partial charge on any atom is 0.236 e. The van der Waals surface area contributed by atoms with Gasteiger partial charge in [0.15, 0.2) is 0 Å². The molecule has 1 atom stereocenters. The number of halogens is 1. The van der Waals surface area contributed by atoms with E-state index in [9.17, 15) is 4.39 Å². The Morgan fingerprint density at radius 1 is 1.53 bits per heavy atom. The normalized spacial score (nSPS) is 19.5. The van der Waals surface area contributed by atoms with Gasteiger partial charge in [0.25, 0.3) is 0 Å². The van der Waals surface area contributed by atoms with Crippen molar-refractivity contribution in [3.8, 4) is 0 Å². The molecule has 0 aliphatic carbocycles. The van der Waals surface area contributed by atoms with Gasteiger partial charge in [-0.25, -0.2) is 0 Å². The van der Waals surface area contributed by atoms with Crippen LogP contribution in [0.4, 0.5) is 4.39 Å². The van der Waals surface area contributed by atoms with Gasteiger partial charge >= 0.3 is 0 Å². The summed E-state index contributed by atoms with van der Waals surface area (Å²) < 4.78 is 20.7. The van der Waals surface area contributed by atoms with E-state index in [2.05, 4.69) is 12.0 Å². The topological polar surface area (TPSA) is 27.1 Å². The molecule has 1 fully saturated rings. The largest absolute Gasteiger partial charge is 0.381 e. The molecule has 0 spiro atoms. The van der Waals surface area contributed by atoms with E-state index in [4.69, 9.17) is 4.74 Å². The molecule has 0 aromatic carbocycles. The number of hydrogen-bond acceptors (Lipinski definition) is 2. The van der Waals surface area contributed by atoms with Crippen LogP contribution < -0.4 is 0 Å². The van der Waals surface area contributed by atoms with Crippen LogP contribution >= 0.6 is 0 Å². The summed E-state index contributed by atoms with van der Waals surface area (Å²) in [7, 11) is 0. The Hall–Kier alpha value is -0.900. The van der Waals surface area contributed by atoms with Crippen molar-refractivity contribution in [2.24, 2.45) is 5.92 Å². The van der Waals surface area contributed by atoms with Gasteiger partial charge in [-0.15, -0.1) is 5.10 Å². The molecule has 4 heteroatoms. The summed E-state index contributed by atoms with van der Waals surface area (Å²) in [6, 6.07) is 0. The lowest BCUT2D eigenvalue weighted by atomic mass is 10.0. The van der Waals surface area contributed by atoms with Gasteiger partial charge in [-0.2, -0.15) is 4.39 Å². The monoisotopic (exact) mass is 240 g/mol. The van der Waals surface area contributed by atoms with E-state index in [0.717, 1.165) is 44.6 Å². The molecule has 1 unspecified atom stereocenters. The zero-order valence-electron chi connectivity index (χ0n) is 10.7. The van der Waals surface area contributed by atoms with E-state index in [1.54, 1.807) is 4.68 Å². The van der Waals surface area contributed by atoms with E-state index in [1.165, 1.54) is 0 Å². The summed E-state index contributed by atoms with van der Waals surface area (Å²) in [6.07, 6.45) is 4.93. The molecule has 2 heterocycles. The highest BCUT2D eigenvalue weighted by Crippen LogP contribution is 2.22. The molecule has 1 saturated heterocycles. The maximum atomic E-state index is 13.6. The minimum atomic E-state index is -0.300. The van der Waals surface area contributed by atoms with Crippen molar-refractivity contribution < 1.29 is 9.13 Å². The van der Waals surface area contributed by atoms with Gasteiger partial charge in [0.2, 0.25) is 5.95 Å². The molecule has 0 radical (unpaired) electrons. The zero-order valence-corrected chi connectivity index (χ0v) is 10.7. The highest BCUT2D eigenvalue weighted by atomic mass is 19.1. The van der Waals surface area contributed by atoms with Crippen LogP contribution in [-0.4, -0.2) is 23.0 Å². The molecule has 3 nitrogen and oxygen atoms in total. The predicted octanol–water partition coefficient (Wildman–Crippen LogP) is 2.96. The lowest BCUT2D eigenvalue weighted by Gasteiger charge is -2.21. The van der Waals surface area contributed by atoms with Crippen LogP contribution in [0.25, 0.3) is 0 Å². The minimum absolute atomic E-state index is 0.249. The van der Waals surface area contributed by atoms with Gasteiger partial charge in [-0.3, -0.25) is 4.68 Å². The first-order chi connectivity index (χ1) is 8.20. The average Bonchev–Trinajstić information content (AvgIpc) is 2.70. The Morgan fingerprint density at radius 3 is 2.88 bits per heavy atom. The molecular weight excluding hydrogens is 219 g/mol. The molecule has 0 saturated carbocycles. The van der Waals surface area contributed by atoms with E-state index in [0.29, 0.717) is 5.92 Å². The van der Waals surface area contributed by atoms with Crippen LogP contribution in [0.15, 0.2) is 6.20 Å². The lowest BCUT2D eigenvalue weighted by Crippen LogP contribution is -2.20. The highest BCUT2D eigenvalue weighted by Gasteiger charge is 2.18. The first-order valence-electron chi connectivity index (χ1n) is 6.51. The van der Waals surface area contributed by atoms with Crippen molar-refractivity contribution in [2.45, 2.75) is 45.6 Å².